The molecule has 7 heteroatoms. The predicted octanol–water partition coefficient (Wildman–Crippen LogP) is 5.20. The number of nitrogens with zero attached hydrogens (tertiary/aromatic N) is 3. The molecule has 1 saturated carbocycles. The molecule has 1 heterocycles. The molecule has 146 valence electrons. The third-order valence-electron chi connectivity index (χ3n) is 5.29. The Morgan fingerprint density at radius 1 is 1.26 bits per heavy atom. The quantitative estimate of drug-likeness (QED) is 0.693. The fraction of sp³-hybridized carbons (Fsp3) is 0.550. The van der Waals surface area contributed by atoms with E-state index in [-0.39, 0.29) is 17.6 Å². The number of hydrogen-bond acceptors (Lipinski definition) is 4. The summed E-state index contributed by atoms with van der Waals surface area (Å²) in [6.45, 7) is 7.91. The largest absolute Gasteiger partial charge is 0.465 e. The van der Waals surface area contributed by atoms with E-state index in [2.05, 4.69) is 31.2 Å². The Hall–Kier alpha value is -1.89. The van der Waals surface area contributed by atoms with Gasteiger partial charge in [-0.1, -0.05) is 15.9 Å². The Balaban J connectivity index is 1.66. The Kier molecular flexibility index (Phi) is 5.60. The molecule has 1 aromatic carbocycles. The number of rotatable bonds is 3. The van der Waals surface area contributed by atoms with Gasteiger partial charge in [-0.3, -0.25) is 0 Å². The fourth-order valence-electron chi connectivity index (χ4n) is 3.94. The maximum atomic E-state index is 11.7. The highest BCUT2D eigenvalue weighted by atomic mass is 79.9. The summed E-state index contributed by atoms with van der Waals surface area (Å²) in [6, 6.07) is 4.33. The molecule has 0 radical (unpaired) electrons. The van der Waals surface area contributed by atoms with Crippen LogP contribution in [0.5, 0.6) is 0 Å². The summed E-state index contributed by atoms with van der Waals surface area (Å²) in [4.78, 5) is 22.4. The standard InChI is InChI=1S/C20H27BrN4O2/c1-12-15-11-22-18(24-17(15)10-9-16(12)21)23-13-5-7-14(8-6-13)25(19(26)27)20(2,3)4/h9-11,13-14H,5-8H2,1-4H3,(H,26,27)(H,22,23,24)/t13-,14-. The molecule has 1 aromatic heterocycles. The summed E-state index contributed by atoms with van der Waals surface area (Å²) in [6.07, 6.45) is 4.54. The van der Waals surface area contributed by atoms with Gasteiger partial charge in [-0.25, -0.2) is 14.8 Å². The molecule has 27 heavy (non-hydrogen) atoms. The van der Waals surface area contributed by atoms with Gasteiger partial charge in [0, 0.05) is 33.7 Å². The number of hydrogen-bond donors (Lipinski definition) is 2. The number of anilines is 1. The van der Waals surface area contributed by atoms with Gasteiger partial charge < -0.3 is 15.3 Å². The number of benzene rings is 1. The van der Waals surface area contributed by atoms with Gasteiger partial charge in [0.1, 0.15) is 0 Å². The van der Waals surface area contributed by atoms with Crippen LogP contribution in [0.25, 0.3) is 10.9 Å². The third-order valence-corrected chi connectivity index (χ3v) is 6.15. The molecule has 0 spiro atoms. The molecule has 0 bridgehead atoms. The highest BCUT2D eigenvalue weighted by molar-refractivity contribution is 9.10. The summed E-state index contributed by atoms with van der Waals surface area (Å²) >= 11 is 3.54. The lowest BCUT2D eigenvalue weighted by Crippen LogP contribution is -2.52. The van der Waals surface area contributed by atoms with Crippen LogP contribution in [0.1, 0.15) is 52.0 Å². The maximum Gasteiger partial charge on any atom is 0.407 e. The summed E-state index contributed by atoms with van der Waals surface area (Å²) in [7, 11) is 0. The number of fused-ring (bicyclic) bond motifs is 1. The van der Waals surface area contributed by atoms with Crippen molar-refractivity contribution in [1.29, 1.82) is 0 Å². The zero-order valence-electron chi connectivity index (χ0n) is 16.3. The van der Waals surface area contributed by atoms with Crippen LogP contribution in [0.4, 0.5) is 10.7 Å². The third kappa shape index (κ3) is 4.34. The number of carboxylic acid groups (broad SMARTS) is 1. The summed E-state index contributed by atoms with van der Waals surface area (Å²) in [5.74, 6) is 0.638. The van der Waals surface area contributed by atoms with Crippen molar-refractivity contribution in [2.24, 2.45) is 0 Å². The van der Waals surface area contributed by atoms with Gasteiger partial charge in [0.05, 0.1) is 5.52 Å². The van der Waals surface area contributed by atoms with E-state index >= 15 is 0 Å². The first-order valence-electron chi connectivity index (χ1n) is 9.37. The highest BCUT2D eigenvalue weighted by Gasteiger charge is 2.35. The average Bonchev–Trinajstić information content (AvgIpc) is 2.58. The number of nitrogens with one attached hydrogen (secondary N) is 1. The van der Waals surface area contributed by atoms with Crippen molar-refractivity contribution in [2.75, 3.05) is 5.32 Å². The second-order valence-electron chi connectivity index (χ2n) is 8.27. The summed E-state index contributed by atoms with van der Waals surface area (Å²) in [5, 5.41) is 14.1. The highest BCUT2D eigenvalue weighted by Crippen LogP contribution is 2.30. The zero-order chi connectivity index (χ0) is 19.8. The smallest absolute Gasteiger partial charge is 0.407 e. The van der Waals surface area contributed by atoms with Crippen molar-refractivity contribution < 1.29 is 9.90 Å². The van der Waals surface area contributed by atoms with Crippen LogP contribution in [0.3, 0.4) is 0 Å². The second kappa shape index (κ2) is 7.62. The minimum atomic E-state index is -0.835. The van der Waals surface area contributed by atoms with E-state index < -0.39 is 6.09 Å². The fourth-order valence-corrected chi connectivity index (χ4v) is 4.28. The molecule has 3 rings (SSSR count). The first-order chi connectivity index (χ1) is 12.7. The van der Waals surface area contributed by atoms with Gasteiger partial charge in [-0.15, -0.1) is 0 Å². The van der Waals surface area contributed by atoms with Crippen molar-refractivity contribution in [3.63, 3.8) is 0 Å². The lowest BCUT2D eigenvalue weighted by molar-refractivity contribution is 0.0556. The van der Waals surface area contributed by atoms with Crippen molar-refractivity contribution in [3.05, 3.63) is 28.4 Å². The van der Waals surface area contributed by atoms with Crippen LogP contribution in [-0.4, -0.2) is 43.7 Å². The van der Waals surface area contributed by atoms with Crippen LogP contribution >= 0.6 is 15.9 Å². The number of aryl methyl sites for hydroxylation is 1. The van der Waals surface area contributed by atoms with Crippen LogP contribution in [0.2, 0.25) is 0 Å². The number of carbonyl (C=O) groups is 1. The molecule has 0 aliphatic heterocycles. The van der Waals surface area contributed by atoms with E-state index in [9.17, 15) is 9.90 Å². The van der Waals surface area contributed by atoms with Crippen molar-refractivity contribution in [2.45, 2.75) is 71.0 Å². The van der Waals surface area contributed by atoms with Gasteiger partial charge in [0.2, 0.25) is 5.95 Å². The van der Waals surface area contributed by atoms with Crippen molar-refractivity contribution >= 4 is 38.9 Å². The maximum absolute atomic E-state index is 11.7. The van der Waals surface area contributed by atoms with E-state index in [0.29, 0.717) is 5.95 Å². The van der Waals surface area contributed by atoms with E-state index in [0.717, 1.165) is 46.6 Å². The molecule has 2 N–H and O–H groups in total. The lowest BCUT2D eigenvalue weighted by atomic mass is 9.88. The Morgan fingerprint density at radius 2 is 1.93 bits per heavy atom. The van der Waals surface area contributed by atoms with E-state index in [1.807, 2.05) is 46.0 Å². The number of halogens is 1. The molecule has 0 unspecified atom stereocenters. The first kappa shape index (κ1) is 19.9. The first-order valence-corrected chi connectivity index (χ1v) is 10.2. The van der Waals surface area contributed by atoms with Crippen LogP contribution in [0, 0.1) is 6.92 Å². The van der Waals surface area contributed by atoms with E-state index in [1.165, 1.54) is 0 Å². The van der Waals surface area contributed by atoms with E-state index in [1.54, 1.807) is 4.90 Å². The van der Waals surface area contributed by atoms with Gasteiger partial charge in [0.25, 0.3) is 0 Å². The normalized spacial score (nSPS) is 20.5. The van der Waals surface area contributed by atoms with E-state index in [4.69, 9.17) is 0 Å². The monoisotopic (exact) mass is 434 g/mol. The van der Waals surface area contributed by atoms with Crippen LogP contribution in [-0.2, 0) is 0 Å². The molecular weight excluding hydrogens is 408 g/mol. The topological polar surface area (TPSA) is 78.4 Å². The Bertz CT molecular complexity index is 842. The summed E-state index contributed by atoms with van der Waals surface area (Å²) < 4.78 is 1.06. The Morgan fingerprint density at radius 3 is 2.52 bits per heavy atom. The van der Waals surface area contributed by atoms with Gasteiger partial charge in [-0.05, 0) is 71.1 Å². The van der Waals surface area contributed by atoms with Gasteiger partial charge in [0.15, 0.2) is 0 Å². The van der Waals surface area contributed by atoms with Crippen LogP contribution < -0.4 is 5.32 Å². The molecule has 1 amide bonds. The number of amides is 1. The second-order valence-corrected chi connectivity index (χ2v) is 9.13. The molecule has 0 saturated heterocycles. The minimum absolute atomic E-state index is 0.0677. The summed E-state index contributed by atoms with van der Waals surface area (Å²) in [5.41, 5.74) is 1.67. The Labute approximate surface area is 168 Å². The zero-order valence-corrected chi connectivity index (χ0v) is 17.9. The SMILES string of the molecule is Cc1c(Br)ccc2nc(N[C@H]3CC[C@H](N(C(=O)O)C(C)(C)C)CC3)ncc12. The molecule has 6 nitrogen and oxygen atoms in total. The predicted molar refractivity (Wildman–Crippen MR) is 111 cm³/mol. The number of aromatic nitrogens is 2. The van der Waals surface area contributed by atoms with Gasteiger partial charge >= 0.3 is 6.09 Å². The van der Waals surface area contributed by atoms with Gasteiger partial charge in [-0.2, -0.15) is 0 Å². The molecule has 2 aromatic rings. The lowest BCUT2D eigenvalue weighted by Gasteiger charge is -2.42. The molecule has 0 atom stereocenters. The molecule has 1 fully saturated rings. The minimum Gasteiger partial charge on any atom is -0.465 e. The average molecular weight is 435 g/mol. The molecular formula is C20H27BrN4O2. The molecule has 1 aliphatic carbocycles. The molecule has 1 aliphatic rings. The van der Waals surface area contributed by atoms with Crippen molar-refractivity contribution in [3.8, 4) is 0 Å². The van der Waals surface area contributed by atoms with Crippen molar-refractivity contribution in [1.82, 2.24) is 14.9 Å². The van der Waals surface area contributed by atoms with Crippen LogP contribution in [0.15, 0.2) is 22.8 Å².